The van der Waals surface area contributed by atoms with Gasteiger partial charge in [0.05, 0.1) is 10.0 Å². The van der Waals surface area contributed by atoms with Gasteiger partial charge in [-0.3, -0.25) is 0 Å². The van der Waals surface area contributed by atoms with E-state index in [1.165, 1.54) is 5.56 Å². The zero-order valence-corrected chi connectivity index (χ0v) is 16.2. The predicted octanol–water partition coefficient (Wildman–Crippen LogP) is 5.94. The van der Waals surface area contributed by atoms with Gasteiger partial charge in [-0.1, -0.05) is 48.3 Å². The Bertz CT molecular complexity index is 916. The van der Waals surface area contributed by atoms with Gasteiger partial charge in [-0.15, -0.1) is 0 Å². The second-order valence-electron chi connectivity index (χ2n) is 5.81. The molecule has 0 fully saturated rings. The Balaban J connectivity index is 1.52. The average Bonchev–Trinajstić information content (AvgIpc) is 3.16. The molecule has 0 N–H and O–H groups in total. The van der Waals surface area contributed by atoms with E-state index in [2.05, 4.69) is 6.92 Å². The van der Waals surface area contributed by atoms with Gasteiger partial charge in [0.25, 0.3) is 0 Å². The predicted molar refractivity (Wildman–Crippen MR) is 105 cm³/mol. The Hall–Kier alpha value is -2.43. The van der Waals surface area contributed by atoms with E-state index in [0.29, 0.717) is 32.9 Å². The molecule has 0 radical (unpaired) electrons. The fourth-order valence-corrected chi connectivity index (χ4v) is 2.84. The van der Waals surface area contributed by atoms with Gasteiger partial charge >= 0.3 is 5.97 Å². The molecular formula is C21H18Cl2O4. The largest absolute Gasteiger partial charge is 0.482 e. The van der Waals surface area contributed by atoms with E-state index in [4.69, 9.17) is 37.1 Å². The van der Waals surface area contributed by atoms with E-state index in [-0.39, 0.29) is 13.2 Å². The molecule has 0 aliphatic rings. The lowest BCUT2D eigenvalue weighted by Gasteiger charge is -2.07. The first-order valence-corrected chi connectivity index (χ1v) is 9.23. The molecule has 3 rings (SSSR count). The number of rotatable bonds is 7. The van der Waals surface area contributed by atoms with Crippen molar-refractivity contribution in [3.8, 4) is 17.1 Å². The van der Waals surface area contributed by atoms with Crippen molar-refractivity contribution in [1.29, 1.82) is 0 Å². The molecule has 1 aromatic heterocycles. The lowest BCUT2D eigenvalue weighted by atomic mass is 10.2. The summed E-state index contributed by atoms with van der Waals surface area (Å²) >= 11 is 12.2. The lowest BCUT2D eigenvalue weighted by molar-refractivity contribution is -0.147. The van der Waals surface area contributed by atoms with Crippen LogP contribution in [0.5, 0.6) is 5.75 Å². The highest BCUT2D eigenvalue weighted by molar-refractivity contribution is 6.43. The summed E-state index contributed by atoms with van der Waals surface area (Å²) in [4.78, 5) is 11.9. The van der Waals surface area contributed by atoms with Crippen LogP contribution >= 0.6 is 23.2 Å². The van der Waals surface area contributed by atoms with E-state index >= 15 is 0 Å². The molecule has 0 unspecified atom stereocenters. The number of halogens is 2. The molecule has 140 valence electrons. The maximum atomic E-state index is 11.9. The van der Waals surface area contributed by atoms with Crippen LogP contribution < -0.4 is 4.74 Å². The molecule has 0 amide bonds. The van der Waals surface area contributed by atoms with Crippen LogP contribution in [0.25, 0.3) is 11.3 Å². The van der Waals surface area contributed by atoms with Gasteiger partial charge in [0, 0.05) is 5.56 Å². The maximum absolute atomic E-state index is 11.9. The number of ether oxygens (including phenoxy) is 2. The zero-order valence-electron chi connectivity index (χ0n) is 14.7. The fraction of sp³-hybridized carbons (Fsp3) is 0.190. The minimum Gasteiger partial charge on any atom is -0.482 e. The molecule has 27 heavy (non-hydrogen) atoms. The standard InChI is InChI=1S/C21H18Cl2O4/c1-2-14-6-8-15(9-7-14)25-13-20(24)26-12-16-10-11-19(27-16)17-4-3-5-18(22)21(17)23/h3-11H,2,12-13H2,1H3. The van der Waals surface area contributed by atoms with Crippen molar-refractivity contribution in [2.75, 3.05) is 6.61 Å². The van der Waals surface area contributed by atoms with E-state index in [1.54, 1.807) is 30.3 Å². The summed E-state index contributed by atoms with van der Waals surface area (Å²) in [7, 11) is 0. The molecule has 0 atom stereocenters. The molecule has 6 heteroatoms. The van der Waals surface area contributed by atoms with Gasteiger partial charge in [-0.2, -0.15) is 0 Å². The quantitative estimate of drug-likeness (QED) is 0.457. The lowest BCUT2D eigenvalue weighted by Crippen LogP contribution is -2.14. The van der Waals surface area contributed by atoms with Crippen LogP contribution in [0.4, 0.5) is 0 Å². The maximum Gasteiger partial charge on any atom is 0.344 e. The second kappa shape index (κ2) is 8.98. The third-order valence-corrected chi connectivity index (χ3v) is 4.76. The Morgan fingerprint density at radius 3 is 2.56 bits per heavy atom. The molecule has 4 nitrogen and oxygen atoms in total. The average molecular weight is 405 g/mol. The van der Waals surface area contributed by atoms with Gasteiger partial charge in [0.2, 0.25) is 0 Å². The van der Waals surface area contributed by atoms with Crippen molar-refractivity contribution in [1.82, 2.24) is 0 Å². The van der Waals surface area contributed by atoms with Crippen LogP contribution in [0.3, 0.4) is 0 Å². The van der Waals surface area contributed by atoms with Gasteiger partial charge in [-0.05, 0) is 48.4 Å². The monoisotopic (exact) mass is 404 g/mol. The highest BCUT2D eigenvalue weighted by Crippen LogP contribution is 2.34. The smallest absolute Gasteiger partial charge is 0.344 e. The molecule has 3 aromatic rings. The SMILES string of the molecule is CCc1ccc(OCC(=O)OCc2ccc(-c3cccc(Cl)c3Cl)o2)cc1. The first-order valence-electron chi connectivity index (χ1n) is 8.47. The fourth-order valence-electron chi connectivity index (χ4n) is 2.45. The molecule has 0 aliphatic heterocycles. The van der Waals surface area contributed by atoms with Crippen LogP contribution in [0.15, 0.2) is 59.0 Å². The highest BCUT2D eigenvalue weighted by atomic mass is 35.5. The van der Waals surface area contributed by atoms with Crippen molar-refractivity contribution in [3.63, 3.8) is 0 Å². The van der Waals surface area contributed by atoms with Gasteiger partial charge < -0.3 is 13.9 Å². The van der Waals surface area contributed by atoms with Crippen molar-refractivity contribution in [2.45, 2.75) is 20.0 Å². The summed E-state index contributed by atoms with van der Waals surface area (Å²) in [5.41, 5.74) is 1.89. The van der Waals surface area contributed by atoms with Crippen LogP contribution in [-0.4, -0.2) is 12.6 Å². The topological polar surface area (TPSA) is 48.7 Å². The number of esters is 1. The highest BCUT2D eigenvalue weighted by Gasteiger charge is 2.12. The Morgan fingerprint density at radius 2 is 1.81 bits per heavy atom. The summed E-state index contributed by atoms with van der Waals surface area (Å²) in [6, 6.07) is 16.4. The minimum absolute atomic E-state index is 0.00908. The normalized spacial score (nSPS) is 10.6. The molecular weight excluding hydrogens is 387 g/mol. The molecule has 1 heterocycles. The molecule has 0 spiro atoms. The molecule has 0 bridgehead atoms. The van der Waals surface area contributed by atoms with E-state index in [9.17, 15) is 4.79 Å². The summed E-state index contributed by atoms with van der Waals surface area (Å²) in [5.74, 6) is 1.20. The van der Waals surface area contributed by atoms with E-state index < -0.39 is 5.97 Å². The summed E-state index contributed by atoms with van der Waals surface area (Å²) in [5, 5.41) is 0.863. The number of aryl methyl sites for hydroxylation is 1. The number of benzene rings is 2. The Morgan fingerprint density at radius 1 is 1.04 bits per heavy atom. The summed E-state index contributed by atoms with van der Waals surface area (Å²) in [6.07, 6.45) is 0.952. The van der Waals surface area contributed by atoms with E-state index in [1.807, 2.05) is 24.3 Å². The third kappa shape index (κ3) is 5.06. The van der Waals surface area contributed by atoms with Gasteiger partial charge in [0.15, 0.2) is 6.61 Å². The molecule has 0 saturated carbocycles. The Kier molecular flexibility index (Phi) is 6.43. The van der Waals surface area contributed by atoms with Crippen molar-refractivity contribution < 1.29 is 18.7 Å². The van der Waals surface area contributed by atoms with Crippen molar-refractivity contribution in [2.24, 2.45) is 0 Å². The number of carbonyl (C=O) groups is 1. The van der Waals surface area contributed by atoms with Crippen molar-refractivity contribution in [3.05, 3.63) is 76.0 Å². The van der Waals surface area contributed by atoms with Gasteiger partial charge in [0.1, 0.15) is 23.9 Å². The number of carbonyl (C=O) groups excluding carboxylic acids is 1. The molecule has 2 aromatic carbocycles. The molecule has 0 saturated heterocycles. The molecule has 0 aliphatic carbocycles. The second-order valence-corrected chi connectivity index (χ2v) is 6.60. The first-order chi connectivity index (χ1) is 13.1. The zero-order chi connectivity index (χ0) is 19.2. The Labute approximate surface area is 167 Å². The van der Waals surface area contributed by atoms with Crippen molar-refractivity contribution >= 4 is 29.2 Å². The summed E-state index contributed by atoms with van der Waals surface area (Å²) in [6.45, 7) is 1.92. The third-order valence-electron chi connectivity index (χ3n) is 3.94. The van der Waals surface area contributed by atoms with Crippen LogP contribution in [0.1, 0.15) is 18.2 Å². The number of hydrogen-bond donors (Lipinski definition) is 0. The van der Waals surface area contributed by atoms with E-state index in [0.717, 1.165) is 6.42 Å². The van der Waals surface area contributed by atoms with Crippen LogP contribution in [-0.2, 0) is 22.6 Å². The summed E-state index contributed by atoms with van der Waals surface area (Å²) < 4.78 is 16.3. The number of hydrogen-bond acceptors (Lipinski definition) is 4. The number of furan rings is 1. The van der Waals surface area contributed by atoms with Crippen LogP contribution in [0, 0.1) is 0 Å². The minimum atomic E-state index is -0.478. The van der Waals surface area contributed by atoms with Crippen LogP contribution in [0.2, 0.25) is 10.0 Å². The van der Waals surface area contributed by atoms with Gasteiger partial charge in [-0.25, -0.2) is 4.79 Å². The first kappa shape index (κ1) is 19.3.